The van der Waals surface area contributed by atoms with E-state index in [1.807, 2.05) is 19.1 Å². The van der Waals surface area contributed by atoms with E-state index in [4.69, 9.17) is 0 Å². The Morgan fingerprint density at radius 3 is 2.35 bits per heavy atom. The van der Waals surface area contributed by atoms with Crippen molar-refractivity contribution in [1.29, 1.82) is 0 Å². The maximum Gasteiger partial charge on any atom is 0.416 e. The van der Waals surface area contributed by atoms with Crippen LogP contribution in [0.25, 0.3) is 11.3 Å². The van der Waals surface area contributed by atoms with Crippen molar-refractivity contribution < 1.29 is 13.2 Å². The first kappa shape index (κ1) is 14.4. The molecule has 0 aliphatic carbocycles. The molecule has 1 aromatic heterocycles. The third-order valence-corrected chi connectivity index (χ3v) is 2.81. The summed E-state index contributed by atoms with van der Waals surface area (Å²) in [5, 5.41) is 3.15. The predicted molar refractivity (Wildman–Crippen MR) is 73.5 cm³/mol. The van der Waals surface area contributed by atoms with Crippen LogP contribution in [0.3, 0.4) is 0 Å². The number of benzene rings is 1. The third-order valence-electron chi connectivity index (χ3n) is 2.81. The Bertz CT molecular complexity index is 562. The van der Waals surface area contributed by atoms with Crippen LogP contribution in [0.1, 0.15) is 18.9 Å². The highest BCUT2D eigenvalue weighted by Crippen LogP contribution is 2.30. The van der Waals surface area contributed by atoms with Crippen molar-refractivity contribution in [2.75, 3.05) is 11.9 Å². The van der Waals surface area contributed by atoms with Gasteiger partial charge < -0.3 is 5.32 Å². The Morgan fingerprint density at radius 2 is 1.75 bits per heavy atom. The molecule has 1 heterocycles. The Labute approximate surface area is 115 Å². The summed E-state index contributed by atoms with van der Waals surface area (Å²) in [5.41, 5.74) is 0.666. The molecule has 0 saturated carbocycles. The Balaban J connectivity index is 2.23. The van der Waals surface area contributed by atoms with Crippen molar-refractivity contribution in [3.05, 3.63) is 48.0 Å². The van der Waals surface area contributed by atoms with E-state index in [9.17, 15) is 13.2 Å². The van der Waals surface area contributed by atoms with Crippen molar-refractivity contribution in [1.82, 2.24) is 4.98 Å². The fourth-order valence-corrected chi connectivity index (χ4v) is 1.78. The van der Waals surface area contributed by atoms with Gasteiger partial charge in [0.25, 0.3) is 0 Å². The Hall–Kier alpha value is -2.04. The molecule has 2 rings (SSSR count). The molecule has 0 unspecified atom stereocenters. The lowest BCUT2D eigenvalue weighted by molar-refractivity contribution is -0.137. The fourth-order valence-electron chi connectivity index (χ4n) is 1.78. The maximum atomic E-state index is 12.5. The monoisotopic (exact) mass is 280 g/mol. The van der Waals surface area contributed by atoms with Crippen LogP contribution in [0.2, 0.25) is 0 Å². The van der Waals surface area contributed by atoms with Crippen molar-refractivity contribution in [3.63, 3.8) is 0 Å². The Kier molecular flexibility index (Phi) is 4.27. The first-order valence-corrected chi connectivity index (χ1v) is 6.39. The molecule has 2 nitrogen and oxygen atoms in total. The van der Waals surface area contributed by atoms with Crippen LogP contribution in [0.4, 0.5) is 19.0 Å². The molecule has 0 bridgehead atoms. The average molecular weight is 280 g/mol. The zero-order valence-corrected chi connectivity index (χ0v) is 11.0. The van der Waals surface area contributed by atoms with Crippen molar-refractivity contribution in [2.45, 2.75) is 19.5 Å². The van der Waals surface area contributed by atoms with Crippen LogP contribution in [-0.4, -0.2) is 11.5 Å². The molecule has 0 atom stereocenters. The van der Waals surface area contributed by atoms with Crippen LogP contribution in [-0.2, 0) is 6.18 Å². The van der Waals surface area contributed by atoms with Gasteiger partial charge in [0.2, 0.25) is 0 Å². The lowest BCUT2D eigenvalue weighted by atomic mass is 10.1. The Morgan fingerprint density at radius 1 is 1.05 bits per heavy atom. The molecule has 1 aromatic carbocycles. The average Bonchev–Trinajstić information content (AvgIpc) is 2.45. The molecule has 0 radical (unpaired) electrons. The molecule has 106 valence electrons. The first-order valence-electron chi connectivity index (χ1n) is 6.39. The smallest absolute Gasteiger partial charge is 0.370 e. The van der Waals surface area contributed by atoms with Crippen molar-refractivity contribution >= 4 is 5.82 Å². The summed E-state index contributed by atoms with van der Waals surface area (Å²) >= 11 is 0. The quantitative estimate of drug-likeness (QED) is 0.886. The highest BCUT2D eigenvalue weighted by Gasteiger charge is 2.29. The number of hydrogen-bond donors (Lipinski definition) is 1. The number of anilines is 1. The van der Waals surface area contributed by atoms with E-state index in [0.29, 0.717) is 11.3 Å². The standard InChI is InChI=1S/C15H15F3N2/c1-2-10-19-14-5-3-4-13(20-14)11-6-8-12(9-7-11)15(16,17)18/h3-9H,2,10H2,1H3,(H,19,20). The lowest BCUT2D eigenvalue weighted by Crippen LogP contribution is -2.04. The molecule has 2 aromatic rings. The van der Waals surface area contributed by atoms with E-state index in [1.165, 1.54) is 12.1 Å². The summed E-state index contributed by atoms with van der Waals surface area (Å²) < 4.78 is 37.5. The number of nitrogens with one attached hydrogen (secondary N) is 1. The molecule has 0 saturated heterocycles. The van der Waals surface area contributed by atoms with Gasteiger partial charge in [-0.3, -0.25) is 0 Å². The summed E-state index contributed by atoms with van der Waals surface area (Å²) in [5.74, 6) is 0.726. The van der Waals surface area contributed by atoms with Gasteiger partial charge in [0.15, 0.2) is 0 Å². The number of hydrogen-bond acceptors (Lipinski definition) is 2. The first-order chi connectivity index (χ1) is 9.50. The molecule has 0 aliphatic heterocycles. The van der Waals surface area contributed by atoms with E-state index in [1.54, 1.807) is 6.07 Å². The van der Waals surface area contributed by atoms with Crippen molar-refractivity contribution in [3.8, 4) is 11.3 Å². The van der Waals surface area contributed by atoms with Crippen LogP contribution in [0, 0.1) is 0 Å². The second kappa shape index (κ2) is 5.94. The van der Waals surface area contributed by atoms with E-state index >= 15 is 0 Å². The number of alkyl halides is 3. The molecule has 0 fully saturated rings. The minimum absolute atomic E-state index is 0.651. The molecule has 1 N–H and O–H groups in total. The minimum atomic E-state index is -4.31. The SMILES string of the molecule is CCCNc1cccc(-c2ccc(C(F)(F)F)cc2)n1. The third kappa shape index (κ3) is 3.50. The number of nitrogens with zero attached hydrogens (tertiary/aromatic N) is 1. The molecular weight excluding hydrogens is 265 g/mol. The molecule has 5 heteroatoms. The second-order valence-electron chi connectivity index (χ2n) is 4.41. The largest absolute Gasteiger partial charge is 0.416 e. The van der Waals surface area contributed by atoms with E-state index < -0.39 is 11.7 Å². The van der Waals surface area contributed by atoms with Gasteiger partial charge in [-0.05, 0) is 30.7 Å². The van der Waals surface area contributed by atoms with Crippen LogP contribution in [0.5, 0.6) is 0 Å². The maximum absolute atomic E-state index is 12.5. The second-order valence-corrected chi connectivity index (χ2v) is 4.41. The summed E-state index contributed by atoms with van der Waals surface area (Å²) in [6, 6.07) is 10.5. The van der Waals surface area contributed by atoms with Crippen LogP contribution < -0.4 is 5.32 Å². The summed E-state index contributed by atoms with van der Waals surface area (Å²) in [6.07, 6.45) is -3.33. The van der Waals surface area contributed by atoms with Gasteiger partial charge in [0, 0.05) is 12.1 Å². The number of rotatable bonds is 4. The summed E-state index contributed by atoms with van der Waals surface area (Å²) in [6.45, 7) is 2.86. The number of halogens is 3. The van der Waals surface area contributed by atoms with Gasteiger partial charge in [0.1, 0.15) is 5.82 Å². The number of pyridine rings is 1. The zero-order valence-electron chi connectivity index (χ0n) is 11.0. The lowest BCUT2D eigenvalue weighted by Gasteiger charge is -2.09. The minimum Gasteiger partial charge on any atom is -0.370 e. The van der Waals surface area contributed by atoms with Gasteiger partial charge in [-0.1, -0.05) is 25.1 Å². The molecule has 0 spiro atoms. The van der Waals surface area contributed by atoms with Gasteiger partial charge in [0.05, 0.1) is 11.3 Å². The highest BCUT2D eigenvalue weighted by molar-refractivity contribution is 5.61. The van der Waals surface area contributed by atoms with E-state index in [-0.39, 0.29) is 0 Å². The topological polar surface area (TPSA) is 24.9 Å². The van der Waals surface area contributed by atoms with Gasteiger partial charge in [-0.2, -0.15) is 13.2 Å². The number of aromatic nitrogens is 1. The molecule has 20 heavy (non-hydrogen) atoms. The highest BCUT2D eigenvalue weighted by atomic mass is 19.4. The van der Waals surface area contributed by atoms with E-state index in [2.05, 4.69) is 10.3 Å². The summed E-state index contributed by atoms with van der Waals surface area (Å²) in [4.78, 5) is 4.38. The zero-order chi connectivity index (χ0) is 14.6. The fraction of sp³-hybridized carbons (Fsp3) is 0.267. The van der Waals surface area contributed by atoms with Crippen LogP contribution in [0.15, 0.2) is 42.5 Å². The van der Waals surface area contributed by atoms with Gasteiger partial charge >= 0.3 is 6.18 Å². The van der Waals surface area contributed by atoms with Crippen LogP contribution >= 0.6 is 0 Å². The normalized spacial score (nSPS) is 11.4. The summed E-state index contributed by atoms with van der Waals surface area (Å²) in [7, 11) is 0. The molecular formula is C15H15F3N2. The van der Waals surface area contributed by atoms with Gasteiger partial charge in [-0.15, -0.1) is 0 Å². The van der Waals surface area contributed by atoms with Gasteiger partial charge in [-0.25, -0.2) is 4.98 Å². The predicted octanol–water partition coefficient (Wildman–Crippen LogP) is 4.59. The molecule has 0 amide bonds. The molecule has 0 aliphatic rings. The van der Waals surface area contributed by atoms with E-state index in [0.717, 1.165) is 30.9 Å². The van der Waals surface area contributed by atoms with Crippen molar-refractivity contribution in [2.24, 2.45) is 0 Å².